The van der Waals surface area contributed by atoms with Crippen molar-refractivity contribution in [2.75, 3.05) is 0 Å². The first-order chi connectivity index (χ1) is 7.15. The van der Waals surface area contributed by atoms with Gasteiger partial charge in [0.2, 0.25) is 0 Å². The molecular weight excluding hydrogens is 256 g/mol. The molecule has 0 aliphatic carbocycles. The minimum absolute atomic E-state index is 0.155. The number of nitrogens with zero attached hydrogens (tertiary/aromatic N) is 2. The smallest absolute Gasteiger partial charge is 0.0708 e. The van der Waals surface area contributed by atoms with Crippen molar-refractivity contribution in [3.63, 3.8) is 0 Å². The molecule has 0 amide bonds. The van der Waals surface area contributed by atoms with E-state index in [0.717, 1.165) is 23.0 Å². The van der Waals surface area contributed by atoms with Gasteiger partial charge in [-0.25, -0.2) is 0 Å². The molecule has 1 atom stereocenters. The first-order valence-corrected chi connectivity index (χ1v) is 6.08. The minimum Gasteiger partial charge on any atom is -0.271 e. The molecule has 0 aliphatic heterocycles. The van der Waals surface area contributed by atoms with Crippen LogP contribution in [0.15, 0.2) is 10.7 Å². The highest BCUT2D eigenvalue weighted by Gasteiger charge is 2.24. The highest BCUT2D eigenvalue weighted by molar-refractivity contribution is 9.10. The van der Waals surface area contributed by atoms with E-state index in [1.54, 1.807) is 0 Å². The molecule has 1 aromatic rings. The van der Waals surface area contributed by atoms with Gasteiger partial charge in [0.25, 0.3) is 0 Å². The van der Waals surface area contributed by atoms with E-state index in [1.807, 2.05) is 17.9 Å². The number of rotatable bonds is 5. The zero-order chi connectivity index (χ0) is 11.4. The Bertz CT molecular complexity index is 287. The third-order valence-electron chi connectivity index (χ3n) is 2.93. The monoisotopic (exact) mass is 274 g/mol. The molecule has 86 valence electrons. The van der Waals surface area contributed by atoms with Crippen molar-refractivity contribution >= 4 is 15.9 Å². The second-order valence-corrected chi connectivity index (χ2v) is 4.58. The summed E-state index contributed by atoms with van der Waals surface area (Å²) < 4.78 is 2.88. The topological polar surface area (TPSA) is 55.9 Å². The zero-order valence-electron chi connectivity index (χ0n) is 9.50. The predicted molar refractivity (Wildman–Crippen MR) is 65.0 cm³/mol. The Morgan fingerprint density at radius 2 is 2.13 bits per heavy atom. The Morgan fingerprint density at radius 1 is 1.53 bits per heavy atom. The van der Waals surface area contributed by atoms with E-state index in [0.29, 0.717) is 5.92 Å². The third-order valence-corrected chi connectivity index (χ3v) is 3.54. The molecule has 0 aliphatic rings. The van der Waals surface area contributed by atoms with Gasteiger partial charge in [-0.05, 0) is 21.8 Å². The quantitative estimate of drug-likeness (QED) is 0.639. The van der Waals surface area contributed by atoms with E-state index in [2.05, 4.69) is 40.3 Å². The first-order valence-electron chi connectivity index (χ1n) is 5.29. The number of nitrogens with one attached hydrogen (secondary N) is 1. The van der Waals surface area contributed by atoms with Crippen LogP contribution in [0.3, 0.4) is 0 Å². The molecule has 0 saturated heterocycles. The van der Waals surface area contributed by atoms with Gasteiger partial charge in [0, 0.05) is 7.05 Å². The number of hydrogen-bond donors (Lipinski definition) is 2. The van der Waals surface area contributed by atoms with Crippen molar-refractivity contribution in [2.24, 2.45) is 18.8 Å². The lowest BCUT2D eigenvalue weighted by atomic mass is 9.92. The van der Waals surface area contributed by atoms with Crippen molar-refractivity contribution in [2.45, 2.75) is 32.7 Å². The molecule has 0 radical (unpaired) electrons. The molecule has 1 heterocycles. The fourth-order valence-electron chi connectivity index (χ4n) is 1.97. The van der Waals surface area contributed by atoms with Crippen LogP contribution in [0.2, 0.25) is 0 Å². The lowest BCUT2D eigenvalue weighted by Gasteiger charge is -2.25. The molecule has 15 heavy (non-hydrogen) atoms. The van der Waals surface area contributed by atoms with Crippen LogP contribution in [0, 0.1) is 5.92 Å². The molecule has 0 saturated carbocycles. The highest BCUT2D eigenvalue weighted by atomic mass is 79.9. The molecule has 3 N–H and O–H groups in total. The molecule has 1 unspecified atom stereocenters. The molecule has 4 nitrogen and oxygen atoms in total. The summed E-state index contributed by atoms with van der Waals surface area (Å²) in [6.45, 7) is 4.37. The molecule has 0 aromatic carbocycles. The molecule has 1 aromatic heterocycles. The van der Waals surface area contributed by atoms with Crippen LogP contribution >= 0.6 is 15.9 Å². The van der Waals surface area contributed by atoms with Crippen molar-refractivity contribution in [1.29, 1.82) is 0 Å². The number of nitrogens with two attached hydrogens (primary N) is 1. The van der Waals surface area contributed by atoms with Gasteiger partial charge >= 0.3 is 0 Å². The number of halogens is 1. The van der Waals surface area contributed by atoms with Crippen LogP contribution in [0.1, 0.15) is 38.4 Å². The van der Waals surface area contributed by atoms with Gasteiger partial charge in [0.1, 0.15) is 0 Å². The Morgan fingerprint density at radius 3 is 2.47 bits per heavy atom. The van der Waals surface area contributed by atoms with Gasteiger partial charge in [0.15, 0.2) is 0 Å². The van der Waals surface area contributed by atoms with Crippen molar-refractivity contribution in [3.05, 3.63) is 16.4 Å². The summed E-state index contributed by atoms with van der Waals surface area (Å²) in [5.41, 5.74) is 4.01. The van der Waals surface area contributed by atoms with Crippen molar-refractivity contribution < 1.29 is 0 Å². The molecule has 1 rings (SSSR count). The van der Waals surface area contributed by atoms with Gasteiger partial charge in [-0.3, -0.25) is 16.0 Å². The van der Waals surface area contributed by atoms with Gasteiger partial charge < -0.3 is 0 Å². The summed E-state index contributed by atoms with van der Waals surface area (Å²) in [7, 11) is 1.94. The normalized spacial score (nSPS) is 13.5. The predicted octanol–water partition coefficient (Wildman–Crippen LogP) is 2.12. The minimum atomic E-state index is 0.155. The van der Waals surface area contributed by atoms with E-state index in [-0.39, 0.29) is 6.04 Å². The lowest BCUT2D eigenvalue weighted by Crippen LogP contribution is -2.34. The SMILES string of the molecule is CCC(CC)C(NN)c1c(Br)cnn1C. The molecule has 0 spiro atoms. The molecular formula is C10H19BrN4. The first kappa shape index (κ1) is 12.7. The second kappa shape index (κ2) is 5.63. The summed E-state index contributed by atoms with van der Waals surface area (Å²) >= 11 is 3.51. The fraction of sp³-hybridized carbons (Fsp3) is 0.700. The number of aromatic nitrogens is 2. The number of hydrogen-bond acceptors (Lipinski definition) is 3. The van der Waals surface area contributed by atoms with Gasteiger partial charge in [-0.2, -0.15) is 5.10 Å². The van der Waals surface area contributed by atoms with Crippen LogP contribution in [-0.4, -0.2) is 9.78 Å². The van der Waals surface area contributed by atoms with Crippen molar-refractivity contribution in [3.8, 4) is 0 Å². The lowest BCUT2D eigenvalue weighted by molar-refractivity contribution is 0.329. The molecule has 5 heteroatoms. The Kier molecular flexibility index (Phi) is 4.76. The standard InChI is InChI=1S/C10H19BrN4/c1-4-7(5-2)9(14-12)10-8(11)6-13-15(10)3/h6-7,9,14H,4-5,12H2,1-3H3. The molecule has 0 bridgehead atoms. The Balaban J connectivity index is 3.01. The van der Waals surface area contributed by atoms with E-state index in [4.69, 9.17) is 5.84 Å². The van der Waals surface area contributed by atoms with Gasteiger partial charge in [-0.15, -0.1) is 0 Å². The number of hydrazine groups is 1. The van der Waals surface area contributed by atoms with Crippen LogP contribution in [0.4, 0.5) is 0 Å². The Labute approximate surface area is 99.3 Å². The Hall–Kier alpha value is -0.390. The van der Waals surface area contributed by atoms with E-state index >= 15 is 0 Å². The average molecular weight is 275 g/mol. The largest absolute Gasteiger partial charge is 0.271 e. The zero-order valence-corrected chi connectivity index (χ0v) is 11.1. The average Bonchev–Trinajstić information content (AvgIpc) is 2.56. The summed E-state index contributed by atoms with van der Waals surface area (Å²) in [5, 5.41) is 4.21. The maximum absolute atomic E-state index is 5.64. The summed E-state index contributed by atoms with van der Waals surface area (Å²) in [4.78, 5) is 0. The maximum Gasteiger partial charge on any atom is 0.0708 e. The van der Waals surface area contributed by atoms with Gasteiger partial charge in [0.05, 0.1) is 22.4 Å². The van der Waals surface area contributed by atoms with Gasteiger partial charge in [-0.1, -0.05) is 26.7 Å². The van der Waals surface area contributed by atoms with Crippen LogP contribution in [0.25, 0.3) is 0 Å². The van der Waals surface area contributed by atoms with E-state index in [1.165, 1.54) is 0 Å². The van der Waals surface area contributed by atoms with E-state index < -0.39 is 0 Å². The molecule has 0 fully saturated rings. The third kappa shape index (κ3) is 2.59. The van der Waals surface area contributed by atoms with Crippen LogP contribution in [-0.2, 0) is 7.05 Å². The maximum atomic E-state index is 5.64. The summed E-state index contributed by atoms with van der Waals surface area (Å²) in [5.74, 6) is 6.17. The van der Waals surface area contributed by atoms with Crippen molar-refractivity contribution in [1.82, 2.24) is 15.2 Å². The number of aryl methyl sites for hydroxylation is 1. The summed E-state index contributed by atoms with van der Waals surface area (Å²) in [6, 6.07) is 0.155. The highest BCUT2D eigenvalue weighted by Crippen LogP contribution is 2.30. The summed E-state index contributed by atoms with van der Waals surface area (Å²) in [6.07, 6.45) is 4.01. The van der Waals surface area contributed by atoms with Crippen LogP contribution in [0.5, 0.6) is 0 Å². The second-order valence-electron chi connectivity index (χ2n) is 3.72. The fourth-order valence-corrected chi connectivity index (χ4v) is 2.56. The van der Waals surface area contributed by atoms with Crippen LogP contribution < -0.4 is 11.3 Å². The van der Waals surface area contributed by atoms with E-state index in [9.17, 15) is 0 Å².